The third-order valence-electron chi connectivity index (χ3n) is 2.75. The Kier molecular flexibility index (Phi) is 3.04. The van der Waals surface area contributed by atoms with Crippen LogP contribution in [0.1, 0.15) is 12.6 Å². The number of benzene rings is 1. The Hall–Kier alpha value is -1.97. The van der Waals surface area contributed by atoms with Crippen molar-refractivity contribution in [3.63, 3.8) is 0 Å². The number of nitrogens with two attached hydrogens (primary N) is 1. The van der Waals surface area contributed by atoms with Crippen molar-refractivity contribution in [1.82, 2.24) is 4.98 Å². The van der Waals surface area contributed by atoms with Gasteiger partial charge in [0.1, 0.15) is 11.5 Å². The van der Waals surface area contributed by atoms with E-state index in [4.69, 9.17) is 15.2 Å². The predicted molar refractivity (Wildman–Crippen MR) is 68.6 cm³/mol. The highest BCUT2D eigenvalue weighted by molar-refractivity contribution is 5.96. The maximum Gasteiger partial charge on any atom is 0.134 e. The van der Waals surface area contributed by atoms with Crippen LogP contribution in [0.2, 0.25) is 0 Å². The largest absolute Gasteiger partial charge is 0.497 e. The number of nitrogen functional groups attached to an aromatic ring is 1. The molecule has 17 heavy (non-hydrogen) atoms. The van der Waals surface area contributed by atoms with Gasteiger partial charge in [0.25, 0.3) is 0 Å². The second-order valence-electron chi connectivity index (χ2n) is 3.78. The molecule has 2 N–H and O–H groups in total. The summed E-state index contributed by atoms with van der Waals surface area (Å²) >= 11 is 0. The topological polar surface area (TPSA) is 57.4 Å². The maximum atomic E-state index is 6.04. The molecule has 1 heterocycles. The lowest BCUT2D eigenvalue weighted by Gasteiger charge is -2.11. The van der Waals surface area contributed by atoms with Crippen molar-refractivity contribution in [2.75, 3.05) is 20.0 Å². The van der Waals surface area contributed by atoms with Crippen molar-refractivity contribution in [2.24, 2.45) is 0 Å². The molecule has 0 amide bonds. The molecule has 0 atom stereocenters. The molecule has 0 aliphatic heterocycles. The van der Waals surface area contributed by atoms with Crippen molar-refractivity contribution in [3.8, 4) is 11.5 Å². The normalized spacial score (nSPS) is 10.5. The van der Waals surface area contributed by atoms with Gasteiger partial charge in [-0.1, -0.05) is 6.92 Å². The smallest absolute Gasteiger partial charge is 0.134 e. The highest BCUT2D eigenvalue weighted by Gasteiger charge is 2.10. The zero-order valence-electron chi connectivity index (χ0n) is 10.3. The average molecular weight is 232 g/mol. The summed E-state index contributed by atoms with van der Waals surface area (Å²) in [6.07, 6.45) is 0.847. The van der Waals surface area contributed by atoms with Gasteiger partial charge in [-0.25, -0.2) is 0 Å². The van der Waals surface area contributed by atoms with Crippen LogP contribution in [0.5, 0.6) is 11.5 Å². The zero-order chi connectivity index (χ0) is 12.4. The number of ether oxygens (including phenoxy) is 2. The van der Waals surface area contributed by atoms with Gasteiger partial charge in [-0.15, -0.1) is 0 Å². The van der Waals surface area contributed by atoms with E-state index in [1.54, 1.807) is 14.2 Å². The molecule has 4 nitrogen and oxygen atoms in total. The number of rotatable bonds is 3. The first-order valence-electron chi connectivity index (χ1n) is 5.50. The number of nitrogens with zero attached hydrogens (tertiary/aromatic N) is 1. The highest BCUT2D eigenvalue weighted by Crippen LogP contribution is 2.34. The summed E-state index contributed by atoms with van der Waals surface area (Å²) in [4.78, 5) is 4.53. The zero-order valence-corrected chi connectivity index (χ0v) is 10.3. The molecular weight excluding hydrogens is 216 g/mol. The molecule has 2 rings (SSSR count). The standard InChI is InChI=1S/C13H16N2O2/c1-4-8-5-10(14)13-11(15-8)6-9(16-2)7-12(13)17-3/h5-7H,4H2,1-3H3,(H2,14,15). The minimum Gasteiger partial charge on any atom is -0.497 e. The number of fused-ring (bicyclic) bond motifs is 1. The van der Waals surface area contributed by atoms with Gasteiger partial charge in [0.15, 0.2) is 0 Å². The Bertz CT molecular complexity index is 547. The van der Waals surface area contributed by atoms with Crippen LogP contribution in [0.15, 0.2) is 18.2 Å². The lowest BCUT2D eigenvalue weighted by Crippen LogP contribution is -1.97. The van der Waals surface area contributed by atoms with Gasteiger partial charge in [0.05, 0.1) is 25.1 Å². The summed E-state index contributed by atoms with van der Waals surface area (Å²) in [5.74, 6) is 1.40. The molecule has 0 aliphatic carbocycles. The molecule has 90 valence electrons. The summed E-state index contributed by atoms with van der Waals surface area (Å²) in [5, 5.41) is 0.838. The van der Waals surface area contributed by atoms with Crippen LogP contribution in [-0.4, -0.2) is 19.2 Å². The molecule has 0 saturated carbocycles. The Balaban J connectivity index is 2.79. The number of aryl methyl sites for hydroxylation is 1. The summed E-state index contributed by atoms with van der Waals surface area (Å²) in [7, 11) is 3.23. The Morgan fingerprint density at radius 2 is 1.94 bits per heavy atom. The fourth-order valence-electron chi connectivity index (χ4n) is 1.85. The van der Waals surface area contributed by atoms with Crippen LogP contribution in [0.4, 0.5) is 5.69 Å². The van der Waals surface area contributed by atoms with Crippen molar-refractivity contribution in [2.45, 2.75) is 13.3 Å². The molecule has 0 unspecified atom stereocenters. The van der Waals surface area contributed by atoms with E-state index < -0.39 is 0 Å². The summed E-state index contributed by atoms with van der Waals surface area (Å²) in [6, 6.07) is 5.57. The summed E-state index contributed by atoms with van der Waals surface area (Å²) in [5.41, 5.74) is 8.49. The molecule has 0 spiro atoms. The van der Waals surface area contributed by atoms with Crippen molar-refractivity contribution in [3.05, 3.63) is 23.9 Å². The summed E-state index contributed by atoms with van der Waals surface area (Å²) < 4.78 is 10.5. The molecule has 0 saturated heterocycles. The van der Waals surface area contributed by atoms with Gasteiger partial charge in [-0.05, 0) is 12.5 Å². The maximum absolute atomic E-state index is 6.04. The average Bonchev–Trinajstić information content (AvgIpc) is 2.36. The van der Waals surface area contributed by atoms with E-state index in [1.807, 2.05) is 25.1 Å². The van der Waals surface area contributed by atoms with Crippen LogP contribution in [-0.2, 0) is 6.42 Å². The van der Waals surface area contributed by atoms with Crippen molar-refractivity contribution < 1.29 is 9.47 Å². The van der Waals surface area contributed by atoms with Crippen LogP contribution in [0, 0.1) is 0 Å². The summed E-state index contributed by atoms with van der Waals surface area (Å²) in [6.45, 7) is 2.05. The van der Waals surface area contributed by atoms with Gasteiger partial charge in [0, 0.05) is 23.5 Å². The van der Waals surface area contributed by atoms with Crippen LogP contribution >= 0.6 is 0 Å². The van der Waals surface area contributed by atoms with Gasteiger partial charge >= 0.3 is 0 Å². The second kappa shape index (κ2) is 4.49. The predicted octanol–water partition coefficient (Wildman–Crippen LogP) is 2.40. The third-order valence-corrected chi connectivity index (χ3v) is 2.75. The van der Waals surface area contributed by atoms with E-state index in [2.05, 4.69) is 4.98 Å². The van der Waals surface area contributed by atoms with Gasteiger partial charge in [-0.2, -0.15) is 0 Å². The highest BCUT2D eigenvalue weighted by atomic mass is 16.5. The fourth-order valence-corrected chi connectivity index (χ4v) is 1.85. The van der Waals surface area contributed by atoms with Gasteiger partial charge < -0.3 is 15.2 Å². The number of methoxy groups -OCH3 is 2. The minimum absolute atomic E-state index is 0.686. The quantitative estimate of drug-likeness (QED) is 0.882. The van der Waals surface area contributed by atoms with E-state index >= 15 is 0 Å². The number of pyridine rings is 1. The molecule has 0 aliphatic rings. The van der Waals surface area contributed by atoms with E-state index in [-0.39, 0.29) is 0 Å². The van der Waals surface area contributed by atoms with E-state index in [1.165, 1.54) is 0 Å². The number of hydrogen-bond acceptors (Lipinski definition) is 4. The van der Waals surface area contributed by atoms with Crippen LogP contribution in [0.3, 0.4) is 0 Å². The Morgan fingerprint density at radius 3 is 2.53 bits per heavy atom. The van der Waals surface area contributed by atoms with Crippen LogP contribution < -0.4 is 15.2 Å². The molecule has 0 fully saturated rings. The number of anilines is 1. The van der Waals surface area contributed by atoms with Crippen molar-refractivity contribution >= 4 is 16.6 Å². The molecular formula is C13H16N2O2. The first-order chi connectivity index (χ1) is 8.19. The van der Waals surface area contributed by atoms with Crippen LogP contribution in [0.25, 0.3) is 10.9 Å². The van der Waals surface area contributed by atoms with Crippen molar-refractivity contribution in [1.29, 1.82) is 0 Å². The number of hydrogen-bond donors (Lipinski definition) is 1. The van der Waals surface area contributed by atoms with E-state index in [0.717, 1.165) is 28.8 Å². The van der Waals surface area contributed by atoms with Gasteiger partial charge in [-0.3, -0.25) is 4.98 Å². The molecule has 2 aromatic rings. The molecule has 0 radical (unpaired) electrons. The molecule has 4 heteroatoms. The lowest BCUT2D eigenvalue weighted by molar-refractivity contribution is 0.398. The second-order valence-corrected chi connectivity index (χ2v) is 3.78. The number of aromatic nitrogens is 1. The SMILES string of the molecule is CCc1cc(N)c2c(OC)cc(OC)cc2n1. The first kappa shape index (κ1) is 11.5. The van der Waals surface area contributed by atoms with E-state index in [9.17, 15) is 0 Å². The fraction of sp³-hybridized carbons (Fsp3) is 0.308. The third kappa shape index (κ3) is 1.98. The molecule has 0 bridgehead atoms. The van der Waals surface area contributed by atoms with E-state index in [0.29, 0.717) is 11.4 Å². The Labute approximate surface area is 100 Å². The monoisotopic (exact) mass is 232 g/mol. The minimum atomic E-state index is 0.686. The van der Waals surface area contributed by atoms with Gasteiger partial charge in [0.2, 0.25) is 0 Å². The first-order valence-corrected chi connectivity index (χ1v) is 5.50. The molecule has 1 aromatic heterocycles. The lowest BCUT2D eigenvalue weighted by atomic mass is 10.1. The Morgan fingerprint density at radius 1 is 1.18 bits per heavy atom. The molecule has 1 aromatic carbocycles.